The minimum atomic E-state index is -0.201. The van der Waals surface area contributed by atoms with Crippen LogP contribution >= 0.6 is 0 Å². The molecule has 1 spiro atoms. The number of carbonyl (C=O) groups excluding carboxylic acids is 1. The highest BCUT2D eigenvalue weighted by Gasteiger charge is 2.42. The normalized spacial score (nSPS) is 16.6. The van der Waals surface area contributed by atoms with Crippen molar-refractivity contribution in [2.45, 2.75) is 18.4 Å². The van der Waals surface area contributed by atoms with Gasteiger partial charge in [0.15, 0.2) is 0 Å². The van der Waals surface area contributed by atoms with Crippen LogP contribution in [0.4, 0.5) is 5.69 Å². The summed E-state index contributed by atoms with van der Waals surface area (Å²) in [4.78, 5) is 15.1. The second-order valence-electron chi connectivity index (χ2n) is 8.32. The number of anilines is 1. The van der Waals surface area contributed by atoms with Gasteiger partial charge in [-0.2, -0.15) is 5.10 Å². The molecule has 0 bridgehead atoms. The summed E-state index contributed by atoms with van der Waals surface area (Å²) in [5.41, 5.74) is 4.81. The zero-order valence-corrected chi connectivity index (χ0v) is 17.3. The number of amides is 1. The summed E-state index contributed by atoms with van der Waals surface area (Å²) in [6, 6.07) is 16.1. The first-order valence-electron chi connectivity index (χ1n) is 10.5. The van der Waals surface area contributed by atoms with Crippen LogP contribution in [0, 0.1) is 0 Å². The molecule has 0 aliphatic carbocycles. The molecule has 0 atom stereocenters. The second kappa shape index (κ2) is 6.63. The Morgan fingerprint density at radius 2 is 2.00 bits per heavy atom. The smallest absolute Gasteiger partial charge is 0.253 e. The molecule has 0 saturated carbocycles. The van der Waals surface area contributed by atoms with Crippen LogP contribution in [0.3, 0.4) is 0 Å². The van der Waals surface area contributed by atoms with E-state index in [0.29, 0.717) is 18.7 Å². The van der Waals surface area contributed by atoms with Crippen LogP contribution in [-0.4, -0.2) is 45.8 Å². The Bertz CT molecular complexity index is 1300. The van der Waals surface area contributed by atoms with Crippen molar-refractivity contribution >= 4 is 22.5 Å². The zero-order chi connectivity index (χ0) is 21.0. The van der Waals surface area contributed by atoms with Gasteiger partial charge in [-0.25, -0.2) is 0 Å². The molecule has 156 valence electrons. The number of piperidine rings is 1. The first-order valence-corrected chi connectivity index (χ1v) is 10.5. The van der Waals surface area contributed by atoms with E-state index in [0.717, 1.165) is 40.9 Å². The lowest BCUT2D eigenvalue weighted by Crippen LogP contribution is -2.51. The van der Waals surface area contributed by atoms with Crippen molar-refractivity contribution in [3.63, 3.8) is 0 Å². The van der Waals surface area contributed by atoms with Crippen molar-refractivity contribution in [2.24, 2.45) is 0 Å². The van der Waals surface area contributed by atoms with E-state index in [2.05, 4.69) is 50.5 Å². The Labute approximate surface area is 179 Å². The second-order valence-corrected chi connectivity index (χ2v) is 8.32. The van der Waals surface area contributed by atoms with Crippen molar-refractivity contribution < 1.29 is 9.53 Å². The Morgan fingerprint density at radius 1 is 1.13 bits per heavy atom. The van der Waals surface area contributed by atoms with Gasteiger partial charge >= 0.3 is 0 Å². The molecule has 0 radical (unpaired) electrons. The number of likely N-dealkylation sites (tertiary alicyclic amines) is 1. The minimum absolute atomic E-state index is 0.0691. The highest BCUT2D eigenvalue weighted by Crippen LogP contribution is 2.44. The number of carbonyl (C=O) groups is 1. The van der Waals surface area contributed by atoms with Crippen LogP contribution in [-0.2, 0) is 5.54 Å². The number of aromatic nitrogens is 3. The third-order valence-electron chi connectivity index (χ3n) is 6.67. The van der Waals surface area contributed by atoms with E-state index in [1.54, 1.807) is 13.3 Å². The number of fused-ring (bicyclic) bond motifs is 5. The van der Waals surface area contributed by atoms with Gasteiger partial charge in [0.2, 0.25) is 0 Å². The first kappa shape index (κ1) is 18.1. The van der Waals surface area contributed by atoms with Gasteiger partial charge in [-0.3, -0.25) is 9.89 Å². The number of hydrogen-bond acceptors (Lipinski definition) is 4. The highest BCUT2D eigenvalue weighted by atomic mass is 16.5. The molecule has 2 aromatic heterocycles. The number of H-pyrrole nitrogens is 1. The molecule has 31 heavy (non-hydrogen) atoms. The highest BCUT2D eigenvalue weighted by molar-refractivity contribution is 5.97. The zero-order valence-electron chi connectivity index (χ0n) is 17.3. The molecule has 1 amide bonds. The third-order valence-corrected chi connectivity index (χ3v) is 6.67. The number of nitrogens with zero attached hydrogens (tertiary/aromatic N) is 3. The average molecular weight is 413 g/mol. The lowest BCUT2D eigenvalue weighted by Gasteiger charge is -2.46. The van der Waals surface area contributed by atoms with E-state index in [9.17, 15) is 4.79 Å². The summed E-state index contributed by atoms with van der Waals surface area (Å²) >= 11 is 0. The molecule has 0 unspecified atom stereocenters. The number of rotatable bonds is 2. The van der Waals surface area contributed by atoms with E-state index in [1.807, 2.05) is 29.2 Å². The molecule has 7 heteroatoms. The van der Waals surface area contributed by atoms with E-state index >= 15 is 0 Å². The molecule has 6 rings (SSSR count). The number of benzene rings is 2. The van der Waals surface area contributed by atoms with Crippen LogP contribution in [0.5, 0.6) is 5.75 Å². The van der Waals surface area contributed by atoms with Gasteiger partial charge in [-0.05, 0) is 49.2 Å². The molecule has 2 N–H and O–H groups in total. The Hall–Kier alpha value is -3.74. The van der Waals surface area contributed by atoms with Crippen molar-refractivity contribution in [2.75, 3.05) is 25.5 Å². The lowest BCUT2D eigenvalue weighted by molar-refractivity contribution is 0.0676. The fourth-order valence-corrected chi connectivity index (χ4v) is 4.98. The summed E-state index contributed by atoms with van der Waals surface area (Å²) in [5, 5.41) is 11.8. The number of nitrogens with one attached hydrogen (secondary N) is 2. The van der Waals surface area contributed by atoms with Gasteiger partial charge < -0.3 is 19.5 Å². The molecule has 1 fully saturated rings. The standard InChI is InChI=1S/C24H23N5O2/c1-31-18-6-7-21-20(14-18)26-24(22-3-2-10-29(21)22)8-11-28(12-9-24)23(30)16-4-5-17-15-25-27-19(17)13-16/h2-7,10,13-15,26H,8-9,11-12H2,1H3,(H,25,27). The van der Waals surface area contributed by atoms with Gasteiger partial charge in [0, 0.05) is 42.0 Å². The monoisotopic (exact) mass is 413 g/mol. The van der Waals surface area contributed by atoms with Crippen molar-refractivity contribution in [1.29, 1.82) is 0 Å². The summed E-state index contributed by atoms with van der Waals surface area (Å²) in [6.07, 6.45) is 5.56. The first-order chi connectivity index (χ1) is 15.2. The van der Waals surface area contributed by atoms with Crippen LogP contribution in [0.1, 0.15) is 28.9 Å². The van der Waals surface area contributed by atoms with Crippen LogP contribution in [0.2, 0.25) is 0 Å². The van der Waals surface area contributed by atoms with Crippen molar-refractivity contribution in [3.05, 3.63) is 72.2 Å². The maximum Gasteiger partial charge on any atom is 0.253 e. The Morgan fingerprint density at radius 3 is 2.84 bits per heavy atom. The fourth-order valence-electron chi connectivity index (χ4n) is 4.98. The molecule has 4 heterocycles. The average Bonchev–Trinajstić information content (AvgIpc) is 3.48. The molecular weight excluding hydrogens is 390 g/mol. The van der Waals surface area contributed by atoms with Crippen LogP contribution < -0.4 is 10.1 Å². The lowest BCUT2D eigenvalue weighted by atomic mass is 9.82. The van der Waals surface area contributed by atoms with Gasteiger partial charge in [0.25, 0.3) is 5.91 Å². The number of aromatic amines is 1. The molecule has 4 aromatic rings. The van der Waals surface area contributed by atoms with Gasteiger partial charge in [-0.15, -0.1) is 0 Å². The van der Waals surface area contributed by atoms with Crippen LogP contribution in [0.25, 0.3) is 16.6 Å². The van der Waals surface area contributed by atoms with E-state index in [1.165, 1.54) is 5.69 Å². The molecule has 2 aliphatic heterocycles. The number of methoxy groups -OCH3 is 1. The fraction of sp³-hybridized carbons (Fsp3) is 0.250. The summed E-state index contributed by atoms with van der Waals surface area (Å²) in [5.74, 6) is 0.901. The number of ether oxygens (including phenoxy) is 1. The predicted molar refractivity (Wildman–Crippen MR) is 119 cm³/mol. The number of hydrogen-bond donors (Lipinski definition) is 2. The summed E-state index contributed by atoms with van der Waals surface area (Å²) in [6.45, 7) is 1.38. The van der Waals surface area contributed by atoms with E-state index in [4.69, 9.17) is 4.74 Å². The molecule has 1 saturated heterocycles. The van der Waals surface area contributed by atoms with E-state index < -0.39 is 0 Å². The van der Waals surface area contributed by atoms with Crippen molar-refractivity contribution in [3.8, 4) is 11.4 Å². The third kappa shape index (κ3) is 2.73. The Kier molecular flexibility index (Phi) is 3.86. The molecule has 2 aromatic carbocycles. The maximum atomic E-state index is 13.2. The van der Waals surface area contributed by atoms with E-state index in [-0.39, 0.29) is 11.4 Å². The van der Waals surface area contributed by atoms with Crippen LogP contribution in [0.15, 0.2) is 60.9 Å². The summed E-state index contributed by atoms with van der Waals surface area (Å²) in [7, 11) is 1.69. The molecule has 2 aliphatic rings. The van der Waals surface area contributed by atoms with Gasteiger partial charge in [0.05, 0.1) is 35.7 Å². The quantitative estimate of drug-likeness (QED) is 0.522. The molecule has 7 nitrogen and oxygen atoms in total. The summed E-state index contributed by atoms with van der Waals surface area (Å²) < 4.78 is 7.70. The maximum absolute atomic E-state index is 13.2. The van der Waals surface area contributed by atoms with Gasteiger partial charge in [0.1, 0.15) is 5.75 Å². The predicted octanol–water partition coefficient (Wildman–Crippen LogP) is 3.92. The molecular formula is C24H23N5O2. The Balaban J connectivity index is 1.28. The van der Waals surface area contributed by atoms with Gasteiger partial charge in [-0.1, -0.05) is 6.07 Å². The SMILES string of the molecule is COc1ccc2c(c1)NC1(CCN(C(=O)c3ccc4cn[nH]c4c3)CC1)c1cccn1-2. The topological polar surface area (TPSA) is 75.2 Å². The minimum Gasteiger partial charge on any atom is -0.497 e. The van der Waals surface area contributed by atoms with Crippen molar-refractivity contribution in [1.82, 2.24) is 19.7 Å². The largest absolute Gasteiger partial charge is 0.497 e.